The van der Waals surface area contributed by atoms with E-state index < -0.39 is 42.6 Å². The van der Waals surface area contributed by atoms with Gasteiger partial charge in [-0.25, -0.2) is 9.59 Å². The maximum atomic E-state index is 12.8. The maximum absolute atomic E-state index is 12.8. The molecule has 1 aromatic rings. The standard InChI is InChI=1S/C31H46N4O11/c1-31(2,17-36)27(19-7-8-19)33-11-4-3-5-21(32)28(39)34-12-10-25(38)35-22-13-18(16-44-30(42)43)6-9-23(22)45-26-15-20(37)14-24(46-26)29(40)41/h6,9,13,20-21,24,26,33,36-37H,3-5,7-8,10-12,14-17,32H2,1-2H3,(H,34,39)(H,35,38)(H,40,41)(H,42,43). The number of hydrogen-bond acceptors (Lipinski definition) is 11. The van der Waals surface area contributed by atoms with Crippen molar-refractivity contribution >= 4 is 29.6 Å². The molecule has 3 rings (SSSR count). The van der Waals surface area contributed by atoms with Crippen molar-refractivity contribution in [3.8, 4) is 5.75 Å². The third kappa shape index (κ3) is 11.8. The van der Waals surface area contributed by atoms with E-state index in [4.69, 9.17) is 20.3 Å². The lowest BCUT2D eigenvalue weighted by atomic mass is 9.89. The Morgan fingerprint density at radius 1 is 1.09 bits per heavy atom. The molecule has 1 aromatic carbocycles. The lowest BCUT2D eigenvalue weighted by Gasteiger charge is -2.31. The zero-order valence-corrected chi connectivity index (χ0v) is 26.3. The molecule has 2 amide bonds. The highest BCUT2D eigenvalue weighted by Gasteiger charge is 2.34. The van der Waals surface area contributed by atoms with Gasteiger partial charge in [0, 0.05) is 43.5 Å². The largest absolute Gasteiger partial charge is 0.506 e. The predicted molar refractivity (Wildman–Crippen MR) is 165 cm³/mol. The minimum Gasteiger partial charge on any atom is -0.479 e. The van der Waals surface area contributed by atoms with Crippen LogP contribution >= 0.6 is 0 Å². The lowest BCUT2D eigenvalue weighted by Crippen LogP contribution is -2.42. The number of rotatable bonds is 18. The van der Waals surface area contributed by atoms with Gasteiger partial charge in [0.2, 0.25) is 18.1 Å². The fourth-order valence-electron chi connectivity index (χ4n) is 4.96. The summed E-state index contributed by atoms with van der Waals surface area (Å²) in [5.41, 5.74) is 8.70. The smallest absolute Gasteiger partial charge is 0.479 e. The van der Waals surface area contributed by atoms with Crippen LogP contribution in [0.1, 0.15) is 70.8 Å². The topological polar surface area (TPSA) is 239 Å². The van der Waals surface area contributed by atoms with Gasteiger partial charge >= 0.3 is 12.1 Å². The molecular formula is C31H46N4O11. The maximum Gasteiger partial charge on any atom is 0.506 e. The number of unbranched alkanes of at least 4 members (excludes halogenated alkanes) is 1. The van der Waals surface area contributed by atoms with Crippen LogP contribution in [-0.2, 0) is 30.5 Å². The molecule has 2 fully saturated rings. The molecule has 1 saturated carbocycles. The average molecular weight is 651 g/mol. The number of ether oxygens (including phenoxy) is 3. The summed E-state index contributed by atoms with van der Waals surface area (Å²) in [5, 5.41) is 46.6. The van der Waals surface area contributed by atoms with Crippen LogP contribution in [0.25, 0.3) is 0 Å². The highest BCUT2D eigenvalue weighted by molar-refractivity contribution is 5.93. The number of nitrogens with one attached hydrogen (secondary N) is 3. The van der Waals surface area contributed by atoms with E-state index in [0.717, 1.165) is 25.0 Å². The molecule has 4 atom stereocenters. The van der Waals surface area contributed by atoms with Crippen molar-refractivity contribution in [2.45, 2.75) is 96.4 Å². The van der Waals surface area contributed by atoms with Gasteiger partial charge in [0.1, 0.15) is 12.4 Å². The van der Waals surface area contributed by atoms with E-state index in [9.17, 15) is 34.5 Å². The average Bonchev–Trinajstić information content (AvgIpc) is 3.83. The normalized spacial score (nSPS) is 19.8. The fraction of sp³-hybridized carbons (Fsp3) is 0.613. The molecule has 9 N–H and O–H groups in total. The first-order chi connectivity index (χ1) is 21.8. The van der Waals surface area contributed by atoms with E-state index in [2.05, 4.69) is 20.7 Å². The number of carboxylic acids is 1. The Balaban J connectivity index is 1.47. The van der Waals surface area contributed by atoms with Crippen LogP contribution in [0.3, 0.4) is 0 Å². The number of carboxylic acid groups (broad SMARTS) is 2. The summed E-state index contributed by atoms with van der Waals surface area (Å²) >= 11 is 0. The number of allylic oxidation sites excluding steroid dienone is 1. The quantitative estimate of drug-likeness (QED) is 0.0836. The summed E-state index contributed by atoms with van der Waals surface area (Å²) < 4.78 is 15.8. The monoisotopic (exact) mass is 650 g/mol. The van der Waals surface area contributed by atoms with Gasteiger partial charge in [0.05, 0.1) is 24.4 Å². The number of aliphatic carboxylic acids is 1. The molecule has 0 bridgehead atoms. The number of benzene rings is 1. The van der Waals surface area contributed by atoms with Crippen LogP contribution < -0.4 is 26.4 Å². The zero-order valence-electron chi connectivity index (χ0n) is 26.3. The summed E-state index contributed by atoms with van der Waals surface area (Å²) in [6, 6.07) is 3.62. The molecule has 1 aliphatic carbocycles. The lowest BCUT2D eigenvalue weighted by molar-refractivity contribution is -0.195. The second-order valence-electron chi connectivity index (χ2n) is 12.2. The van der Waals surface area contributed by atoms with Gasteiger partial charge < -0.3 is 56.3 Å². The van der Waals surface area contributed by atoms with Gasteiger partial charge in [-0.05, 0) is 55.4 Å². The minimum absolute atomic E-state index is 0.00330. The van der Waals surface area contributed by atoms with Crippen LogP contribution in [0.15, 0.2) is 29.5 Å². The van der Waals surface area contributed by atoms with E-state index in [1.54, 1.807) is 0 Å². The Labute approximate surface area is 267 Å². The number of aliphatic hydroxyl groups is 2. The molecule has 1 saturated heterocycles. The SMILES string of the molecule is CC(C)(CO)C(NCCCCC(N)C(=O)NCCC(=O)Nc1cc(COC(=O)O)ccc1OC1CC(O)CC(C(=O)O)O1)=C1CC1. The molecule has 2 aliphatic rings. The van der Waals surface area contributed by atoms with E-state index >= 15 is 0 Å². The summed E-state index contributed by atoms with van der Waals surface area (Å²) in [6.45, 7) is 4.46. The number of carbonyl (C=O) groups excluding carboxylic acids is 2. The summed E-state index contributed by atoms with van der Waals surface area (Å²) in [5.74, 6) is -2.04. The molecule has 4 unspecified atom stereocenters. The van der Waals surface area contributed by atoms with Crippen molar-refractivity contribution in [3.05, 3.63) is 35.0 Å². The van der Waals surface area contributed by atoms with Crippen LogP contribution in [0.2, 0.25) is 0 Å². The molecule has 15 nitrogen and oxygen atoms in total. The van der Waals surface area contributed by atoms with Crippen LogP contribution in [-0.4, -0.2) is 88.6 Å². The van der Waals surface area contributed by atoms with Crippen LogP contribution in [0, 0.1) is 5.41 Å². The van der Waals surface area contributed by atoms with Crippen LogP contribution in [0.4, 0.5) is 10.5 Å². The molecule has 1 heterocycles. The van der Waals surface area contributed by atoms with Crippen LogP contribution in [0.5, 0.6) is 5.75 Å². The molecule has 0 radical (unpaired) electrons. The third-order valence-corrected chi connectivity index (χ3v) is 7.64. The molecule has 15 heteroatoms. The van der Waals surface area contributed by atoms with E-state index in [-0.39, 0.29) is 61.8 Å². The van der Waals surface area contributed by atoms with E-state index in [0.29, 0.717) is 24.9 Å². The summed E-state index contributed by atoms with van der Waals surface area (Å²) in [6.07, 6.45) is -1.01. The summed E-state index contributed by atoms with van der Waals surface area (Å²) in [7, 11) is 0. The van der Waals surface area contributed by atoms with Crippen molar-refractivity contribution in [3.63, 3.8) is 0 Å². The molecule has 0 spiro atoms. The second kappa shape index (κ2) is 17.1. The molecule has 256 valence electrons. The summed E-state index contributed by atoms with van der Waals surface area (Å²) in [4.78, 5) is 47.5. The van der Waals surface area contributed by atoms with Gasteiger partial charge in [0.25, 0.3) is 0 Å². The number of amides is 2. The Morgan fingerprint density at radius 2 is 1.83 bits per heavy atom. The molecule has 46 heavy (non-hydrogen) atoms. The van der Waals surface area contributed by atoms with Gasteiger partial charge in [-0.2, -0.15) is 0 Å². The Hall–Kier alpha value is -3.92. The Bertz CT molecular complexity index is 1260. The number of nitrogens with two attached hydrogens (primary N) is 1. The third-order valence-electron chi connectivity index (χ3n) is 7.64. The number of hydrogen-bond donors (Lipinski definition) is 8. The number of carbonyl (C=O) groups is 4. The second-order valence-corrected chi connectivity index (χ2v) is 12.2. The fourth-order valence-corrected chi connectivity index (χ4v) is 4.96. The molecule has 1 aliphatic heterocycles. The van der Waals surface area contributed by atoms with Crippen molar-refractivity contribution in [2.75, 3.05) is 25.0 Å². The van der Waals surface area contributed by atoms with Gasteiger partial charge in [-0.3, -0.25) is 9.59 Å². The highest BCUT2D eigenvalue weighted by atomic mass is 16.7. The van der Waals surface area contributed by atoms with E-state index in [1.165, 1.54) is 23.8 Å². The predicted octanol–water partition coefficient (Wildman–Crippen LogP) is 1.81. The first-order valence-electron chi connectivity index (χ1n) is 15.4. The van der Waals surface area contributed by atoms with Gasteiger partial charge in [0.15, 0.2) is 6.10 Å². The Kier molecular flexibility index (Phi) is 13.6. The van der Waals surface area contributed by atoms with Crippen molar-refractivity contribution < 1.29 is 53.8 Å². The molecular weight excluding hydrogens is 604 g/mol. The first kappa shape index (κ1) is 36.5. The van der Waals surface area contributed by atoms with Crippen molar-refractivity contribution in [1.82, 2.24) is 10.6 Å². The number of aliphatic hydroxyl groups excluding tert-OH is 2. The highest BCUT2D eigenvalue weighted by Crippen LogP contribution is 2.38. The van der Waals surface area contributed by atoms with Gasteiger partial charge in [-0.15, -0.1) is 0 Å². The number of anilines is 1. The molecule has 0 aromatic heterocycles. The van der Waals surface area contributed by atoms with Crippen molar-refractivity contribution in [2.24, 2.45) is 11.1 Å². The zero-order chi connectivity index (χ0) is 33.9. The first-order valence-corrected chi connectivity index (χ1v) is 15.4. The van der Waals surface area contributed by atoms with Crippen molar-refractivity contribution in [1.29, 1.82) is 0 Å². The minimum atomic E-state index is -1.48. The van der Waals surface area contributed by atoms with E-state index in [1.807, 2.05) is 13.8 Å². The van der Waals surface area contributed by atoms with Gasteiger partial charge in [-0.1, -0.05) is 19.9 Å². The Morgan fingerprint density at radius 3 is 2.48 bits per heavy atom.